The second kappa shape index (κ2) is 6.41. The van der Waals surface area contributed by atoms with Crippen molar-refractivity contribution in [1.82, 2.24) is 19.6 Å². The molecule has 3 heterocycles. The topological polar surface area (TPSA) is 64.3 Å². The van der Waals surface area contributed by atoms with Crippen molar-refractivity contribution in [3.8, 4) is 17.0 Å². The van der Waals surface area contributed by atoms with Gasteiger partial charge < -0.3 is 10.1 Å². The third-order valence-corrected chi connectivity index (χ3v) is 3.96. The van der Waals surface area contributed by atoms with E-state index in [1.165, 1.54) is 0 Å². The first kappa shape index (κ1) is 15.4. The molecule has 0 fully saturated rings. The smallest absolute Gasteiger partial charge is 0.212 e. The molecule has 0 bridgehead atoms. The number of methoxy groups -OCH3 is 1. The van der Waals surface area contributed by atoms with Crippen LogP contribution in [0.5, 0.6) is 5.88 Å². The maximum absolute atomic E-state index is 6.03. The van der Waals surface area contributed by atoms with E-state index >= 15 is 0 Å². The Labute approximate surface area is 149 Å². The Hall–Kier alpha value is -3.12. The monoisotopic (exact) mass is 351 g/mol. The molecule has 0 atom stereocenters. The Morgan fingerprint density at radius 2 is 2.04 bits per heavy atom. The molecule has 0 aliphatic carbocycles. The number of nitrogens with one attached hydrogen (secondary N) is 1. The van der Waals surface area contributed by atoms with Crippen LogP contribution in [0.3, 0.4) is 0 Å². The highest BCUT2D eigenvalue weighted by Gasteiger charge is 2.10. The molecule has 0 spiro atoms. The Balaban J connectivity index is 1.71. The molecule has 0 radical (unpaired) electrons. The molecule has 0 saturated heterocycles. The van der Waals surface area contributed by atoms with Crippen molar-refractivity contribution in [2.45, 2.75) is 0 Å². The van der Waals surface area contributed by atoms with E-state index in [0.29, 0.717) is 16.7 Å². The normalized spacial score (nSPS) is 10.8. The van der Waals surface area contributed by atoms with Gasteiger partial charge in [-0.05, 0) is 30.3 Å². The van der Waals surface area contributed by atoms with Crippen LogP contribution >= 0.6 is 11.6 Å². The lowest BCUT2D eigenvalue weighted by Crippen LogP contribution is -1.97. The van der Waals surface area contributed by atoms with Crippen molar-refractivity contribution in [2.75, 3.05) is 12.4 Å². The zero-order valence-electron chi connectivity index (χ0n) is 13.3. The predicted octanol–water partition coefficient (Wildman–Crippen LogP) is 4.20. The van der Waals surface area contributed by atoms with E-state index in [1.54, 1.807) is 24.0 Å². The van der Waals surface area contributed by atoms with E-state index in [-0.39, 0.29) is 0 Å². The largest absolute Gasteiger partial charge is 0.481 e. The minimum absolute atomic E-state index is 0.566. The van der Waals surface area contributed by atoms with Crippen molar-refractivity contribution in [2.24, 2.45) is 0 Å². The van der Waals surface area contributed by atoms with Gasteiger partial charge in [0.15, 0.2) is 5.65 Å². The molecule has 4 aromatic rings. The average Bonchev–Trinajstić information content (AvgIpc) is 3.05. The Bertz CT molecular complexity index is 1030. The zero-order valence-corrected chi connectivity index (χ0v) is 14.1. The van der Waals surface area contributed by atoms with E-state index in [9.17, 15) is 0 Å². The number of halogens is 1. The van der Waals surface area contributed by atoms with Crippen molar-refractivity contribution in [1.29, 1.82) is 0 Å². The van der Waals surface area contributed by atoms with Gasteiger partial charge >= 0.3 is 0 Å². The van der Waals surface area contributed by atoms with Gasteiger partial charge in [-0.1, -0.05) is 17.7 Å². The summed E-state index contributed by atoms with van der Waals surface area (Å²) in [4.78, 5) is 8.91. The molecule has 1 N–H and O–H groups in total. The lowest BCUT2D eigenvalue weighted by Gasteiger charge is -2.07. The Morgan fingerprint density at radius 1 is 1.12 bits per heavy atom. The van der Waals surface area contributed by atoms with Gasteiger partial charge in [0.1, 0.15) is 5.82 Å². The van der Waals surface area contributed by atoms with Crippen LogP contribution in [0.15, 0.2) is 61.1 Å². The molecule has 0 aliphatic heterocycles. The molecule has 3 aromatic heterocycles. The minimum Gasteiger partial charge on any atom is -0.481 e. The van der Waals surface area contributed by atoms with Crippen molar-refractivity contribution in [3.63, 3.8) is 0 Å². The highest BCUT2D eigenvalue weighted by Crippen LogP contribution is 2.26. The van der Waals surface area contributed by atoms with Gasteiger partial charge in [-0.15, -0.1) is 0 Å². The van der Waals surface area contributed by atoms with Crippen LogP contribution < -0.4 is 10.1 Å². The zero-order chi connectivity index (χ0) is 17.2. The number of ether oxygens (including phenoxy) is 1. The fraction of sp³-hybridized carbons (Fsp3) is 0.0556. The number of aromatic nitrogens is 4. The SMILES string of the molecule is COc1ccc(-c2cnn3ccc(Nc4cccc(Cl)c4)nc23)cn1. The standard InChI is InChI=1S/C18H14ClN5O/c1-25-17-6-5-12(10-20-17)15-11-21-24-8-7-16(23-18(15)24)22-14-4-2-3-13(19)9-14/h2-11H,1H3,(H,22,23). The quantitative estimate of drug-likeness (QED) is 0.597. The maximum Gasteiger partial charge on any atom is 0.212 e. The van der Waals surface area contributed by atoms with Crippen LogP contribution in [0.2, 0.25) is 5.02 Å². The van der Waals surface area contributed by atoms with Crippen molar-refractivity contribution >= 4 is 28.8 Å². The first-order chi connectivity index (χ1) is 12.2. The first-order valence-electron chi connectivity index (χ1n) is 7.60. The van der Waals surface area contributed by atoms with Crippen molar-refractivity contribution in [3.05, 3.63) is 66.1 Å². The van der Waals surface area contributed by atoms with E-state index < -0.39 is 0 Å². The van der Waals surface area contributed by atoms with Crippen LogP contribution in [0, 0.1) is 0 Å². The van der Waals surface area contributed by atoms with E-state index in [0.717, 1.165) is 22.5 Å². The number of benzene rings is 1. The summed E-state index contributed by atoms with van der Waals surface area (Å²) < 4.78 is 6.83. The molecule has 124 valence electrons. The van der Waals surface area contributed by atoms with Crippen LogP contribution in [-0.4, -0.2) is 26.7 Å². The second-order valence-electron chi connectivity index (χ2n) is 5.36. The lowest BCUT2D eigenvalue weighted by atomic mass is 10.1. The van der Waals surface area contributed by atoms with Crippen LogP contribution in [0.4, 0.5) is 11.5 Å². The van der Waals surface area contributed by atoms with Gasteiger partial charge in [0.2, 0.25) is 5.88 Å². The van der Waals surface area contributed by atoms with Gasteiger partial charge in [0.25, 0.3) is 0 Å². The summed E-state index contributed by atoms with van der Waals surface area (Å²) in [5.41, 5.74) is 3.42. The summed E-state index contributed by atoms with van der Waals surface area (Å²) in [5.74, 6) is 1.27. The number of pyridine rings is 1. The van der Waals surface area contributed by atoms with Crippen LogP contribution in [-0.2, 0) is 0 Å². The van der Waals surface area contributed by atoms with Gasteiger partial charge in [-0.3, -0.25) is 0 Å². The Kier molecular flexibility index (Phi) is 3.95. The lowest BCUT2D eigenvalue weighted by molar-refractivity contribution is 0.398. The molecule has 0 saturated carbocycles. The molecule has 4 rings (SSSR count). The summed E-state index contributed by atoms with van der Waals surface area (Å²) in [6.45, 7) is 0. The molecule has 7 heteroatoms. The average molecular weight is 352 g/mol. The second-order valence-corrected chi connectivity index (χ2v) is 5.80. The predicted molar refractivity (Wildman–Crippen MR) is 97.5 cm³/mol. The summed E-state index contributed by atoms with van der Waals surface area (Å²) >= 11 is 6.03. The van der Waals surface area contributed by atoms with E-state index in [2.05, 4.69) is 20.4 Å². The number of anilines is 2. The number of hydrogen-bond acceptors (Lipinski definition) is 5. The Morgan fingerprint density at radius 3 is 2.80 bits per heavy atom. The minimum atomic E-state index is 0.566. The highest BCUT2D eigenvalue weighted by atomic mass is 35.5. The fourth-order valence-electron chi connectivity index (χ4n) is 2.52. The summed E-state index contributed by atoms with van der Waals surface area (Å²) in [6.07, 6.45) is 5.37. The molecule has 0 unspecified atom stereocenters. The number of hydrogen-bond donors (Lipinski definition) is 1. The van der Waals surface area contributed by atoms with Gasteiger partial charge in [-0.2, -0.15) is 5.10 Å². The summed E-state index contributed by atoms with van der Waals surface area (Å²) in [6, 6.07) is 13.1. The first-order valence-corrected chi connectivity index (χ1v) is 7.98. The number of rotatable bonds is 4. The van der Waals surface area contributed by atoms with E-state index in [4.69, 9.17) is 16.3 Å². The molecule has 0 amide bonds. The molecular weight excluding hydrogens is 338 g/mol. The summed E-state index contributed by atoms with van der Waals surface area (Å²) in [5, 5.41) is 8.26. The number of fused-ring (bicyclic) bond motifs is 1. The van der Waals surface area contributed by atoms with Gasteiger partial charge in [0.05, 0.1) is 13.3 Å². The molecule has 1 aromatic carbocycles. The molecule has 6 nitrogen and oxygen atoms in total. The van der Waals surface area contributed by atoms with Gasteiger partial charge in [-0.25, -0.2) is 14.5 Å². The van der Waals surface area contributed by atoms with E-state index in [1.807, 2.05) is 48.7 Å². The third-order valence-electron chi connectivity index (χ3n) is 3.72. The van der Waals surface area contributed by atoms with Crippen LogP contribution in [0.25, 0.3) is 16.8 Å². The maximum atomic E-state index is 6.03. The number of nitrogens with zero attached hydrogens (tertiary/aromatic N) is 4. The van der Waals surface area contributed by atoms with Crippen LogP contribution in [0.1, 0.15) is 0 Å². The highest BCUT2D eigenvalue weighted by molar-refractivity contribution is 6.30. The molecule has 25 heavy (non-hydrogen) atoms. The molecular formula is C18H14ClN5O. The molecule has 0 aliphatic rings. The summed E-state index contributed by atoms with van der Waals surface area (Å²) in [7, 11) is 1.59. The van der Waals surface area contributed by atoms with Crippen molar-refractivity contribution < 1.29 is 4.74 Å². The third kappa shape index (κ3) is 3.12. The van der Waals surface area contributed by atoms with Gasteiger partial charge in [0, 0.05) is 40.3 Å². The fourth-order valence-corrected chi connectivity index (χ4v) is 2.71.